The van der Waals surface area contributed by atoms with E-state index in [9.17, 15) is 32.9 Å². The lowest BCUT2D eigenvalue weighted by Gasteiger charge is -2.15. The first-order valence-corrected chi connectivity index (χ1v) is 6.71. The van der Waals surface area contributed by atoms with Crippen molar-refractivity contribution in [2.45, 2.75) is 6.36 Å². The predicted molar refractivity (Wildman–Crippen MR) is 77.4 cm³/mol. The molecule has 0 aromatic heterocycles. The van der Waals surface area contributed by atoms with Crippen molar-refractivity contribution in [1.29, 1.82) is 0 Å². The summed E-state index contributed by atoms with van der Waals surface area (Å²) in [6, 6.07) is 7.65. The smallest absolute Gasteiger partial charge is 0.406 e. The van der Waals surface area contributed by atoms with Crippen molar-refractivity contribution in [3.8, 4) is 5.75 Å². The number of hydrogen-bond acceptors (Lipinski definition) is 5. The van der Waals surface area contributed by atoms with E-state index in [2.05, 4.69) is 4.74 Å². The Balaban J connectivity index is 1.97. The van der Waals surface area contributed by atoms with Gasteiger partial charge in [-0.2, -0.15) is 0 Å². The van der Waals surface area contributed by atoms with Gasteiger partial charge in [-0.3, -0.25) is 19.7 Å². The van der Waals surface area contributed by atoms with Gasteiger partial charge in [-0.25, -0.2) is 4.90 Å². The monoisotopic (exact) mass is 352 g/mol. The Morgan fingerprint density at radius 3 is 2.20 bits per heavy atom. The Kier molecular flexibility index (Phi) is 3.67. The largest absolute Gasteiger partial charge is 0.573 e. The standard InChI is InChI=1S/C15H7F3N2O5/c16-15(17,18)25-9-6-4-8(5-7-9)19-13(21)10-2-1-3-11(20(23)24)12(10)14(19)22/h1-7H. The van der Waals surface area contributed by atoms with Crippen LogP contribution in [-0.4, -0.2) is 23.1 Å². The number of fused-ring (bicyclic) bond motifs is 1. The molecule has 10 heteroatoms. The molecule has 0 aliphatic carbocycles. The Bertz CT molecular complexity index is 893. The molecule has 7 nitrogen and oxygen atoms in total. The number of carbonyl (C=O) groups excluding carboxylic acids is 2. The van der Waals surface area contributed by atoms with Crippen LogP contribution in [0.5, 0.6) is 5.75 Å². The molecule has 2 aromatic carbocycles. The number of ether oxygens (including phenoxy) is 1. The maximum absolute atomic E-state index is 12.4. The van der Waals surface area contributed by atoms with Gasteiger partial charge in [0, 0.05) is 6.07 Å². The molecule has 0 atom stereocenters. The predicted octanol–water partition coefficient (Wildman–Crippen LogP) is 3.29. The minimum Gasteiger partial charge on any atom is -0.406 e. The highest BCUT2D eigenvalue weighted by Gasteiger charge is 2.41. The first-order chi connectivity index (χ1) is 11.7. The number of nitrogens with zero attached hydrogens (tertiary/aromatic N) is 2. The molecule has 25 heavy (non-hydrogen) atoms. The van der Waals surface area contributed by atoms with E-state index in [0.717, 1.165) is 30.3 Å². The lowest BCUT2D eigenvalue weighted by atomic mass is 10.1. The van der Waals surface area contributed by atoms with Crippen LogP contribution in [0.25, 0.3) is 0 Å². The lowest BCUT2D eigenvalue weighted by molar-refractivity contribution is -0.385. The second-order valence-corrected chi connectivity index (χ2v) is 4.94. The molecule has 1 heterocycles. The first kappa shape index (κ1) is 16.4. The van der Waals surface area contributed by atoms with Crippen LogP contribution in [0.2, 0.25) is 0 Å². The average molecular weight is 352 g/mol. The third-order valence-corrected chi connectivity index (χ3v) is 3.42. The normalized spacial score (nSPS) is 13.8. The topological polar surface area (TPSA) is 89.8 Å². The van der Waals surface area contributed by atoms with Crippen LogP contribution in [0, 0.1) is 10.1 Å². The quantitative estimate of drug-likeness (QED) is 0.480. The van der Waals surface area contributed by atoms with Gasteiger partial charge >= 0.3 is 6.36 Å². The van der Waals surface area contributed by atoms with Crippen LogP contribution in [0.3, 0.4) is 0 Å². The number of amides is 2. The van der Waals surface area contributed by atoms with Crippen molar-refractivity contribution < 1.29 is 32.4 Å². The molecular formula is C15H7F3N2O5. The molecule has 0 saturated heterocycles. The zero-order chi connectivity index (χ0) is 18.4. The highest BCUT2D eigenvalue weighted by atomic mass is 19.4. The summed E-state index contributed by atoms with van der Waals surface area (Å²) in [4.78, 5) is 35.7. The van der Waals surface area contributed by atoms with Crippen LogP contribution in [0.15, 0.2) is 42.5 Å². The number of hydrogen-bond donors (Lipinski definition) is 0. The molecule has 0 radical (unpaired) electrons. The Morgan fingerprint density at radius 2 is 1.64 bits per heavy atom. The van der Waals surface area contributed by atoms with Gasteiger partial charge in [0.15, 0.2) is 0 Å². The maximum Gasteiger partial charge on any atom is 0.573 e. The maximum atomic E-state index is 12.4. The molecule has 1 aliphatic heterocycles. The molecule has 0 spiro atoms. The molecule has 0 unspecified atom stereocenters. The van der Waals surface area contributed by atoms with Gasteiger partial charge in [-0.1, -0.05) is 6.07 Å². The summed E-state index contributed by atoms with van der Waals surface area (Å²) >= 11 is 0. The highest BCUT2D eigenvalue weighted by Crippen LogP contribution is 2.34. The third-order valence-electron chi connectivity index (χ3n) is 3.42. The van der Waals surface area contributed by atoms with Gasteiger partial charge in [-0.05, 0) is 30.3 Å². The number of benzene rings is 2. The van der Waals surface area contributed by atoms with Gasteiger partial charge in [0.25, 0.3) is 17.5 Å². The molecule has 2 amide bonds. The van der Waals surface area contributed by atoms with Crippen LogP contribution in [0.1, 0.15) is 20.7 Å². The Hall–Kier alpha value is -3.43. The average Bonchev–Trinajstić information content (AvgIpc) is 2.78. The van der Waals surface area contributed by atoms with Gasteiger partial charge in [0.2, 0.25) is 0 Å². The highest BCUT2D eigenvalue weighted by molar-refractivity contribution is 6.35. The van der Waals surface area contributed by atoms with Crippen LogP contribution < -0.4 is 9.64 Å². The van der Waals surface area contributed by atoms with Crippen LogP contribution in [0.4, 0.5) is 24.5 Å². The fraction of sp³-hybridized carbons (Fsp3) is 0.0667. The summed E-state index contributed by atoms with van der Waals surface area (Å²) < 4.78 is 40.2. The summed E-state index contributed by atoms with van der Waals surface area (Å²) in [5.74, 6) is -2.25. The minimum atomic E-state index is -4.88. The van der Waals surface area contributed by atoms with Crippen molar-refractivity contribution in [1.82, 2.24) is 0 Å². The third kappa shape index (κ3) is 2.89. The number of nitro groups is 1. The molecule has 128 valence electrons. The molecule has 3 rings (SSSR count). The van der Waals surface area contributed by atoms with Gasteiger partial charge in [0.1, 0.15) is 11.3 Å². The van der Waals surface area contributed by atoms with E-state index in [0.29, 0.717) is 4.90 Å². The number of nitro benzene ring substituents is 1. The van der Waals surface area contributed by atoms with E-state index in [1.54, 1.807) is 0 Å². The molecule has 0 bridgehead atoms. The van der Waals surface area contributed by atoms with E-state index in [-0.39, 0.29) is 16.8 Å². The van der Waals surface area contributed by atoms with E-state index < -0.39 is 34.5 Å². The summed E-state index contributed by atoms with van der Waals surface area (Å²) in [5.41, 5.74) is -1.05. The van der Waals surface area contributed by atoms with Crippen LogP contribution >= 0.6 is 0 Å². The number of alkyl halides is 3. The fourth-order valence-corrected chi connectivity index (χ4v) is 2.45. The second-order valence-electron chi connectivity index (χ2n) is 4.94. The molecule has 0 saturated carbocycles. The lowest BCUT2D eigenvalue weighted by Crippen LogP contribution is -2.29. The van der Waals surface area contributed by atoms with Gasteiger partial charge in [0.05, 0.1) is 16.2 Å². The van der Waals surface area contributed by atoms with Gasteiger partial charge in [-0.15, -0.1) is 13.2 Å². The van der Waals surface area contributed by atoms with Crippen LogP contribution in [-0.2, 0) is 0 Å². The number of halogens is 3. The van der Waals surface area contributed by atoms with E-state index in [4.69, 9.17) is 0 Å². The molecule has 1 aliphatic rings. The van der Waals surface area contributed by atoms with E-state index >= 15 is 0 Å². The molecule has 2 aromatic rings. The molecular weight excluding hydrogens is 345 g/mol. The SMILES string of the molecule is O=C1c2cccc([N+](=O)[O-])c2C(=O)N1c1ccc(OC(F)(F)F)cc1. The number of rotatable bonds is 3. The Labute approximate surface area is 137 Å². The molecule has 0 fully saturated rings. The van der Waals surface area contributed by atoms with Gasteiger partial charge < -0.3 is 4.74 Å². The summed E-state index contributed by atoms with van der Waals surface area (Å²) in [6.45, 7) is 0. The first-order valence-electron chi connectivity index (χ1n) is 6.71. The minimum absolute atomic E-state index is 0.0324. The summed E-state index contributed by atoms with van der Waals surface area (Å²) in [6.07, 6.45) is -4.88. The summed E-state index contributed by atoms with van der Waals surface area (Å²) in [5, 5.41) is 11.0. The van der Waals surface area contributed by atoms with Crippen molar-refractivity contribution in [2.75, 3.05) is 4.90 Å². The Morgan fingerprint density at radius 1 is 1.00 bits per heavy atom. The number of carbonyl (C=O) groups is 2. The van der Waals surface area contributed by atoms with Crippen molar-refractivity contribution >= 4 is 23.2 Å². The zero-order valence-electron chi connectivity index (χ0n) is 12.1. The van der Waals surface area contributed by atoms with Crippen molar-refractivity contribution in [2.24, 2.45) is 0 Å². The number of imide groups is 1. The molecule has 0 N–H and O–H groups in total. The van der Waals surface area contributed by atoms with E-state index in [1.807, 2.05) is 0 Å². The zero-order valence-corrected chi connectivity index (χ0v) is 12.1. The van der Waals surface area contributed by atoms with Crippen molar-refractivity contribution in [3.63, 3.8) is 0 Å². The number of anilines is 1. The van der Waals surface area contributed by atoms with Crippen molar-refractivity contribution in [3.05, 3.63) is 63.7 Å². The summed E-state index contributed by atoms with van der Waals surface area (Å²) in [7, 11) is 0. The second kappa shape index (κ2) is 5.58. The van der Waals surface area contributed by atoms with E-state index in [1.165, 1.54) is 12.1 Å². The fourth-order valence-electron chi connectivity index (χ4n) is 2.45.